The summed E-state index contributed by atoms with van der Waals surface area (Å²) in [6.07, 6.45) is 3.48. The largest absolute Gasteiger partial charge is 0.333 e. The topological polar surface area (TPSA) is 64.4 Å². The van der Waals surface area contributed by atoms with Gasteiger partial charge in [-0.1, -0.05) is 12.1 Å². The number of hydrogen-bond donors (Lipinski definition) is 0. The Labute approximate surface area is 115 Å². The molecule has 20 heavy (non-hydrogen) atoms. The Kier molecular flexibility index (Phi) is 3.08. The molecule has 0 N–H and O–H groups in total. The summed E-state index contributed by atoms with van der Waals surface area (Å²) in [5.41, 5.74) is 0.743. The molecule has 2 aromatic rings. The Morgan fingerprint density at radius 3 is 2.40 bits per heavy atom. The zero-order valence-electron chi connectivity index (χ0n) is 10.9. The highest BCUT2D eigenvalue weighted by Crippen LogP contribution is 2.23. The monoisotopic (exact) mass is 271 g/mol. The fourth-order valence-corrected chi connectivity index (χ4v) is 2.17. The molecule has 1 aliphatic heterocycles. The summed E-state index contributed by atoms with van der Waals surface area (Å²) in [6.45, 7) is 2.81. The average molecular weight is 271 g/mol. The van der Waals surface area contributed by atoms with Crippen molar-refractivity contribution < 1.29 is 14.4 Å². The molecule has 2 amide bonds. The molecule has 3 rings (SSSR count). The lowest BCUT2D eigenvalue weighted by Gasteiger charge is -2.13. The van der Waals surface area contributed by atoms with E-state index >= 15 is 0 Å². The van der Waals surface area contributed by atoms with E-state index in [0.29, 0.717) is 17.0 Å². The van der Waals surface area contributed by atoms with Gasteiger partial charge < -0.3 is 4.57 Å². The molecule has 1 aromatic carbocycles. The van der Waals surface area contributed by atoms with Crippen LogP contribution in [0.5, 0.6) is 0 Å². The normalized spacial score (nSPS) is 13.9. The van der Waals surface area contributed by atoms with Gasteiger partial charge in [-0.2, -0.15) is 0 Å². The summed E-state index contributed by atoms with van der Waals surface area (Å²) in [7, 11) is 0. The molecule has 0 atom stereocenters. The quantitative estimate of drug-likeness (QED) is 0.793. The van der Waals surface area contributed by atoms with Crippen molar-refractivity contribution in [2.45, 2.75) is 20.1 Å². The molecule has 102 valence electrons. The number of hydrogen-bond acceptors (Lipinski definition) is 4. The van der Waals surface area contributed by atoms with Crippen molar-refractivity contribution in [2.24, 2.45) is 0 Å². The molecule has 1 aliphatic rings. The molecule has 0 aliphatic carbocycles. The van der Waals surface area contributed by atoms with Gasteiger partial charge in [0.25, 0.3) is 11.8 Å². The molecular formula is C14H13N3O3. The van der Waals surface area contributed by atoms with Crippen LogP contribution >= 0.6 is 0 Å². The van der Waals surface area contributed by atoms with E-state index in [1.165, 1.54) is 0 Å². The van der Waals surface area contributed by atoms with Crippen molar-refractivity contribution in [3.63, 3.8) is 0 Å². The van der Waals surface area contributed by atoms with Gasteiger partial charge in [0.1, 0.15) is 12.4 Å². The maximum atomic E-state index is 12.1. The van der Waals surface area contributed by atoms with Crippen molar-refractivity contribution >= 4 is 11.8 Å². The fraction of sp³-hybridized carbons (Fsp3) is 0.214. The van der Waals surface area contributed by atoms with Crippen LogP contribution in [0.15, 0.2) is 36.7 Å². The third-order valence-corrected chi connectivity index (χ3v) is 3.22. The Morgan fingerprint density at radius 1 is 1.15 bits per heavy atom. The van der Waals surface area contributed by atoms with E-state index in [0.717, 1.165) is 11.6 Å². The van der Waals surface area contributed by atoms with Crippen molar-refractivity contribution in [1.82, 2.24) is 14.6 Å². The molecule has 6 nitrogen and oxygen atoms in total. The highest BCUT2D eigenvalue weighted by molar-refractivity contribution is 6.20. The maximum Gasteiger partial charge on any atom is 0.285 e. The van der Waals surface area contributed by atoms with Crippen molar-refractivity contribution in [2.75, 3.05) is 0 Å². The first-order valence-corrected chi connectivity index (χ1v) is 6.33. The average Bonchev–Trinajstić information content (AvgIpc) is 3.02. The molecule has 0 unspecified atom stereocenters. The number of amides is 2. The van der Waals surface area contributed by atoms with Crippen molar-refractivity contribution in [3.05, 3.63) is 53.6 Å². The van der Waals surface area contributed by atoms with Gasteiger partial charge in [-0.15, -0.1) is 5.06 Å². The lowest BCUT2D eigenvalue weighted by molar-refractivity contribution is -0.103. The molecule has 1 aromatic heterocycles. The smallest absolute Gasteiger partial charge is 0.285 e. The zero-order chi connectivity index (χ0) is 14.1. The molecular weight excluding hydrogens is 258 g/mol. The Hall–Kier alpha value is -2.47. The minimum Gasteiger partial charge on any atom is -0.333 e. The van der Waals surface area contributed by atoms with E-state index in [4.69, 9.17) is 4.84 Å². The van der Waals surface area contributed by atoms with Crippen molar-refractivity contribution in [1.29, 1.82) is 0 Å². The predicted octanol–water partition coefficient (Wildman–Crippen LogP) is 1.63. The SMILES string of the molecule is CCn1ccnc1CON1C(=O)c2ccccc2C1=O. The Bertz CT molecular complexity index is 643. The highest BCUT2D eigenvalue weighted by atomic mass is 16.7. The molecule has 0 bridgehead atoms. The second-order valence-electron chi connectivity index (χ2n) is 4.35. The van der Waals surface area contributed by atoms with E-state index in [1.54, 1.807) is 30.5 Å². The zero-order valence-corrected chi connectivity index (χ0v) is 10.9. The first kappa shape index (κ1) is 12.6. The van der Waals surface area contributed by atoms with Gasteiger partial charge >= 0.3 is 0 Å². The number of imide groups is 1. The third-order valence-electron chi connectivity index (χ3n) is 3.22. The molecule has 0 fully saturated rings. The molecule has 2 heterocycles. The van der Waals surface area contributed by atoms with Gasteiger partial charge in [0.05, 0.1) is 11.1 Å². The second-order valence-corrected chi connectivity index (χ2v) is 4.35. The summed E-state index contributed by atoms with van der Waals surface area (Å²) in [5, 5.41) is 0.805. The molecule has 0 radical (unpaired) electrons. The van der Waals surface area contributed by atoms with Crippen LogP contribution in [0.4, 0.5) is 0 Å². The first-order valence-electron chi connectivity index (χ1n) is 6.33. The van der Waals surface area contributed by atoms with Crippen LogP contribution in [0, 0.1) is 0 Å². The molecule has 0 spiro atoms. The van der Waals surface area contributed by atoms with Gasteiger partial charge in [-0.05, 0) is 19.1 Å². The van der Waals surface area contributed by atoms with Gasteiger partial charge in [0, 0.05) is 18.9 Å². The molecule has 6 heteroatoms. The first-order chi connectivity index (χ1) is 9.72. The summed E-state index contributed by atoms with van der Waals surface area (Å²) in [6, 6.07) is 6.67. The second kappa shape index (κ2) is 4.90. The Morgan fingerprint density at radius 2 is 1.80 bits per heavy atom. The van der Waals surface area contributed by atoms with E-state index in [9.17, 15) is 9.59 Å². The third kappa shape index (κ3) is 1.90. The van der Waals surface area contributed by atoms with Crippen LogP contribution in [0.1, 0.15) is 33.5 Å². The highest BCUT2D eigenvalue weighted by Gasteiger charge is 2.36. The lowest BCUT2D eigenvalue weighted by Crippen LogP contribution is -2.30. The number of aryl methyl sites for hydroxylation is 1. The number of rotatable bonds is 4. The maximum absolute atomic E-state index is 12.1. The van der Waals surface area contributed by atoms with Crippen LogP contribution in [0.2, 0.25) is 0 Å². The Balaban J connectivity index is 1.77. The number of imidazole rings is 1. The number of aromatic nitrogens is 2. The minimum absolute atomic E-state index is 0.0757. The van der Waals surface area contributed by atoms with Crippen LogP contribution in [0.3, 0.4) is 0 Å². The van der Waals surface area contributed by atoms with Crippen LogP contribution < -0.4 is 0 Å². The van der Waals surface area contributed by atoms with E-state index in [2.05, 4.69) is 4.98 Å². The van der Waals surface area contributed by atoms with Gasteiger partial charge in [-0.3, -0.25) is 14.4 Å². The summed E-state index contributed by atoms with van der Waals surface area (Å²) < 4.78 is 1.89. The number of benzene rings is 1. The van der Waals surface area contributed by atoms with E-state index in [1.807, 2.05) is 17.7 Å². The number of hydroxylamine groups is 2. The van der Waals surface area contributed by atoms with Crippen LogP contribution in [-0.2, 0) is 18.0 Å². The predicted molar refractivity (Wildman–Crippen MR) is 69.6 cm³/mol. The van der Waals surface area contributed by atoms with E-state index < -0.39 is 11.8 Å². The molecule has 0 saturated carbocycles. The summed E-state index contributed by atoms with van der Waals surface area (Å²) >= 11 is 0. The molecule has 0 saturated heterocycles. The van der Waals surface area contributed by atoms with Crippen molar-refractivity contribution in [3.8, 4) is 0 Å². The van der Waals surface area contributed by atoms with Gasteiger partial charge in [0.2, 0.25) is 0 Å². The number of fused-ring (bicyclic) bond motifs is 1. The lowest BCUT2D eigenvalue weighted by atomic mass is 10.1. The van der Waals surface area contributed by atoms with Gasteiger partial charge in [-0.25, -0.2) is 4.98 Å². The van der Waals surface area contributed by atoms with E-state index in [-0.39, 0.29) is 6.61 Å². The fourth-order valence-electron chi connectivity index (χ4n) is 2.17. The number of nitrogens with zero attached hydrogens (tertiary/aromatic N) is 3. The van der Waals surface area contributed by atoms with Gasteiger partial charge in [0.15, 0.2) is 0 Å². The standard InChI is InChI=1S/C14H13N3O3/c1-2-16-8-7-15-12(16)9-20-17-13(18)10-5-3-4-6-11(10)14(17)19/h3-8H,2,9H2,1H3. The minimum atomic E-state index is -0.430. The summed E-state index contributed by atoms with van der Waals surface area (Å²) in [5.74, 6) is -0.190. The number of carbonyl (C=O) groups excluding carboxylic acids is 2. The summed E-state index contributed by atoms with van der Waals surface area (Å²) in [4.78, 5) is 33.6. The number of carbonyl (C=O) groups is 2. The van der Waals surface area contributed by atoms with Crippen LogP contribution in [-0.4, -0.2) is 26.4 Å². The van der Waals surface area contributed by atoms with Crippen LogP contribution in [0.25, 0.3) is 0 Å².